The fraction of sp³-hybridized carbons (Fsp3) is 1.00. The lowest BCUT2D eigenvalue weighted by atomic mass is 9.83. The van der Waals surface area contributed by atoms with Crippen LogP contribution in [-0.4, -0.2) is 19.3 Å². The fourth-order valence-electron chi connectivity index (χ4n) is 2.17. The molecule has 0 saturated heterocycles. The monoisotopic (exact) mass is 230 g/mol. The van der Waals surface area contributed by atoms with Gasteiger partial charge in [-0.2, -0.15) is 0 Å². The van der Waals surface area contributed by atoms with Crippen molar-refractivity contribution in [3.05, 3.63) is 0 Å². The van der Waals surface area contributed by atoms with Crippen LogP contribution < -0.4 is 11.3 Å². The van der Waals surface area contributed by atoms with Crippen LogP contribution in [0, 0.1) is 11.3 Å². The van der Waals surface area contributed by atoms with E-state index in [1.165, 1.54) is 6.42 Å². The largest absolute Gasteiger partial charge is 0.380 e. The molecule has 0 aliphatic rings. The molecule has 16 heavy (non-hydrogen) atoms. The van der Waals surface area contributed by atoms with Gasteiger partial charge in [-0.25, -0.2) is 0 Å². The highest BCUT2D eigenvalue weighted by Crippen LogP contribution is 2.26. The lowest BCUT2D eigenvalue weighted by Crippen LogP contribution is -2.40. The summed E-state index contributed by atoms with van der Waals surface area (Å²) in [5.41, 5.74) is 3.24. The molecular weight excluding hydrogens is 200 g/mol. The number of nitrogens with two attached hydrogens (primary N) is 1. The summed E-state index contributed by atoms with van der Waals surface area (Å²) in [4.78, 5) is 0. The van der Waals surface area contributed by atoms with Crippen LogP contribution in [0.1, 0.15) is 53.9 Å². The second kappa shape index (κ2) is 8.04. The zero-order chi connectivity index (χ0) is 12.6. The van der Waals surface area contributed by atoms with Gasteiger partial charge in [-0.3, -0.25) is 11.3 Å². The van der Waals surface area contributed by atoms with E-state index in [9.17, 15) is 0 Å². The lowest BCUT2D eigenvalue weighted by Gasteiger charge is -2.26. The van der Waals surface area contributed by atoms with Crippen LogP contribution in [0.4, 0.5) is 0 Å². The molecule has 0 aromatic heterocycles. The average molecular weight is 230 g/mol. The molecule has 0 bridgehead atoms. The van der Waals surface area contributed by atoms with Gasteiger partial charge in [0.25, 0.3) is 0 Å². The van der Waals surface area contributed by atoms with Crippen molar-refractivity contribution in [3.63, 3.8) is 0 Å². The van der Waals surface area contributed by atoms with E-state index in [-0.39, 0.29) is 6.04 Å². The van der Waals surface area contributed by atoms with E-state index in [1.807, 2.05) is 0 Å². The van der Waals surface area contributed by atoms with E-state index in [2.05, 4.69) is 40.0 Å². The summed E-state index contributed by atoms with van der Waals surface area (Å²) in [6.45, 7) is 12.8. The first-order valence-electron chi connectivity index (χ1n) is 6.43. The Balaban J connectivity index is 3.83. The lowest BCUT2D eigenvalue weighted by molar-refractivity contribution is 0.102. The van der Waals surface area contributed by atoms with Crippen molar-refractivity contribution < 1.29 is 4.74 Å². The molecule has 2 atom stereocenters. The van der Waals surface area contributed by atoms with Crippen LogP contribution in [0.3, 0.4) is 0 Å². The van der Waals surface area contributed by atoms with Gasteiger partial charge in [-0.05, 0) is 30.6 Å². The van der Waals surface area contributed by atoms with Gasteiger partial charge in [0.15, 0.2) is 0 Å². The van der Waals surface area contributed by atoms with Gasteiger partial charge >= 0.3 is 0 Å². The molecule has 0 heterocycles. The van der Waals surface area contributed by atoms with Gasteiger partial charge < -0.3 is 4.74 Å². The standard InChI is InChI=1S/C13H30N2O/c1-6-7-16-10-12(15-14)8-11(2)9-13(3,4)5/h11-12,15H,6-10,14H2,1-5H3. The fourth-order valence-corrected chi connectivity index (χ4v) is 2.17. The molecule has 0 aromatic rings. The number of hydrazine groups is 1. The van der Waals surface area contributed by atoms with Crippen LogP contribution >= 0.6 is 0 Å². The van der Waals surface area contributed by atoms with E-state index in [4.69, 9.17) is 10.6 Å². The summed E-state index contributed by atoms with van der Waals surface area (Å²) in [5, 5.41) is 0. The normalized spacial score (nSPS) is 16.1. The molecular formula is C13H30N2O. The van der Waals surface area contributed by atoms with E-state index < -0.39 is 0 Å². The maximum Gasteiger partial charge on any atom is 0.0633 e. The van der Waals surface area contributed by atoms with Gasteiger partial charge in [0, 0.05) is 12.6 Å². The van der Waals surface area contributed by atoms with Crippen molar-refractivity contribution >= 4 is 0 Å². The third-order valence-corrected chi connectivity index (χ3v) is 2.55. The Bertz CT molecular complexity index is 166. The molecule has 0 saturated carbocycles. The van der Waals surface area contributed by atoms with Crippen molar-refractivity contribution in [2.45, 2.75) is 59.9 Å². The Labute approximate surface area is 101 Å². The first-order valence-corrected chi connectivity index (χ1v) is 6.43. The summed E-state index contributed by atoms with van der Waals surface area (Å²) >= 11 is 0. The molecule has 3 nitrogen and oxygen atoms in total. The van der Waals surface area contributed by atoms with Gasteiger partial charge in [-0.1, -0.05) is 34.6 Å². The molecule has 3 N–H and O–H groups in total. The van der Waals surface area contributed by atoms with E-state index >= 15 is 0 Å². The molecule has 0 aromatic carbocycles. The van der Waals surface area contributed by atoms with Gasteiger partial charge in [0.2, 0.25) is 0 Å². The Morgan fingerprint density at radius 1 is 1.31 bits per heavy atom. The highest BCUT2D eigenvalue weighted by Gasteiger charge is 2.18. The van der Waals surface area contributed by atoms with E-state index in [1.54, 1.807) is 0 Å². The number of rotatable bonds is 8. The maximum absolute atomic E-state index is 5.54. The number of hydrogen-bond acceptors (Lipinski definition) is 3. The average Bonchev–Trinajstić information content (AvgIpc) is 2.13. The minimum absolute atomic E-state index is 0.281. The van der Waals surface area contributed by atoms with Crippen molar-refractivity contribution in [3.8, 4) is 0 Å². The predicted molar refractivity (Wildman–Crippen MR) is 70.1 cm³/mol. The Kier molecular flexibility index (Phi) is 7.98. The summed E-state index contributed by atoms with van der Waals surface area (Å²) in [7, 11) is 0. The summed E-state index contributed by atoms with van der Waals surface area (Å²) in [5.74, 6) is 6.21. The summed E-state index contributed by atoms with van der Waals surface area (Å²) in [6, 6.07) is 0.281. The molecule has 0 spiro atoms. The Morgan fingerprint density at radius 2 is 1.94 bits per heavy atom. The topological polar surface area (TPSA) is 47.3 Å². The number of nitrogens with one attached hydrogen (secondary N) is 1. The van der Waals surface area contributed by atoms with Crippen molar-refractivity contribution in [1.29, 1.82) is 0 Å². The number of hydrogen-bond donors (Lipinski definition) is 2. The Hall–Kier alpha value is -0.120. The third kappa shape index (κ3) is 9.13. The van der Waals surface area contributed by atoms with E-state index in [0.717, 1.165) is 26.1 Å². The van der Waals surface area contributed by atoms with Crippen molar-refractivity contribution in [1.82, 2.24) is 5.43 Å². The molecule has 0 fully saturated rings. The highest BCUT2D eigenvalue weighted by molar-refractivity contribution is 4.72. The van der Waals surface area contributed by atoms with Gasteiger partial charge in [0.05, 0.1) is 6.61 Å². The van der Waals surface area contributed by atoms with Crippen molar-refractivity contribution in [2.24, 2.45) is 17.2 Å². The zero-order valence-electron chi connectivity index (χ0n) is 11.7. The SMILES string of the molecule is CCCOCC(CC(C)CC(C)(C)C)NN. The minimum Gasteiger partial charge on any atom is -0.380 e. The second-order valence-electron chi connectivity index (χ2n) is 6.04. The first-order chi connectivity index (χ1) is 7.39. The second-order valence-corrected chi connectivity index (χ2v) is 6.04. The summed E-state index contributed by atoms with van der Waals surface area (Å²) < 4.78 is 5.52. The molecule has 98 valence electrons. The van der Waals surface area contributed by atoms with Crippen LogP contribution in [0.5, 0.6) is 0 Å². The van der Waals surface area contributed by atoms with Crippen LogP contribution in [0.2, 0.25) is 0 Å². The third-order valence-electron chi connectivity index (χ3n) is 2.55. The molecule has 3 heteroatoms. The molecule has 0 amide bonds. The zero-order valence-corrected chi connectivity index (χ0v) is 11.7. The molecule has 0 aliphatic carbocycles. The van der Waals surface area contributed by atoms with Crippen LogP contribution in [0.15, 0.2) is 0 Å². The van der Waals surface area contributed by atoms with Crippen LogP contribution in [-0.2, 0) is 4.74 Å². The molecule has 0 radical (unpaired) electrons. The summed E-state index contributed by atoms with van der Waals surface area (Å²) in [6.07, 6.45) is 3.37. The number of ether oxygens (including phenoxy) is 1. The highest BCUT2D eigenvalue weighted by atomic mass is 16.5. The predicted octanol–water partition coefficient (Wildman–Crippen LogP) is 2.71. The smallest absolute Gasteiger partial charge is 0.0633 e. The Morgan fingerprint density at radius 3 is 2.38 bits per heavy atom. The molecule has 0 rings (SSSR count). The molecule has 2 unspecified atom stereocenters. The van der Waals surface area contributed by atoms with E-state index in [0.29, 0.717) is 11.3 Å². The van der Waals surface area contributed by atoms with Gasteiger partial charge in [0.1, 0.15) is 0 Å². The molecule has 0 aliphatic heterocycles. The van der Waals surface area contributed by atoms with Crippen molar-refractivity contribution in [2.75, 3.05) is 13.2 Å². The minimum atomic E-state index is 0.281. The van der Waals surface area contributed by atoms with Gasteiger partial charge in [-0.15, -0.1) is 0 Å². The maximum atomic E-state index is 5.54. The first kappa shape index (κ1) is 15.9. The van der Waals surface area contributed by atoms with Crippen LogP contribution in [0.25, 0.3) is 0 Å². The quantitative estimate of drug-likeness (QED) is 0.383.